The monoisotopic (exact) mass is 296 g/mol. The van der Waals surface area contributed by atoms with E-state index in [1.165, 1.54) is 12.8 Å². The van der Waals surface area contributed by atoms with Gasteiger partial charge in [-0.3, -0.25) is 0 Å². The van der Waals surface area contributed by atoms with Crippen molar-refractivity contribution in [1.29, 1.82) is 0 Å². The molecule has 0 saturated carbocycles. The van der Waals surface area contributed by atoms with E-state index in [9.17, 15) is 0 Å². The smallest absolute Gasteiger partial charge is 0.231 e. The lowest BCUT2D eigenvalue weighted by Gasteiger charge is -2.27. The highest BCUT2D eigenvalue weighted by atomic mass is 32.2. The fourth-order valence-electron chi connectivity index (χ4n) is 2.44. The highest BCUT2D eigenvalue weighted by molar-refractivity contribution is 7.98. The van der Waals surface area contributed by atoms with Crippen molar-refractivity contribution < 1.29 is 0 Å². The summed E-state index contributed by atoms with van der Waals surface area (Å²) in [5.74, 6) is 2.76. The standard InChI is InChI=1S/C13H24N6S/c1-4-10(9-20-3)18(2)12-15-11(14)16-13(17-12)19-7-5-6-8-19/h10H,4-9H2,1-3H3,(H2,14,15,16,17). The summed E-state index contributed by atoms with van der Waals surface area (Å²) < 4.78 is 0. The average molecular weight is 296 g/mol. The normalized spacial score (nSPS) is 16.4. The SMILES string of the molecule is CCC(CSC)N(C)c1nc(N)nc(N2CCCC2)n1. The average Bonchev–Trinajstić information content (AvgIpc) is 2.97. The molecule has 0 amide bonds. The van der Waals surface area contributed by atoms with Crippen molar-refractivity contribution in [2.24, 2.45) is 0 Å². The van der Waals surface area contributed by atoms with Crippen LogP contribution < -0.4 is 15.5 Å². The van der Waals surface area contributed by atoms with Crippen LogP contribution >= 0.6 is 11.8 Å². The second-order valence-electron chi connectivity index (χ2n) is 5.12. The molecule has 0 bridgehead atoms. The molecule has 1 atom stereocenters. The Kier molecular flexibility index (Phi) is 5.28. The molecule has 0 spiro atoms. The van der Waals surface area contributed by atoms with Crippen LogP contribution in [0.2, 0.25) is 0 Å². The molecule has 1 aliphatic rings. The number of hydrogen-bond donors (Lipinski definition) is 1. The third kappa shape index (κ3) is 3.45. The molecule has 2 heterocycles. The van der Waals surface area contributed by atoms with Gasteiger partial charge in [0.15, 0.2) is 0 Å². The van der Waals surface area contributed by atoms with Crippen LogP contribution in [-0.2, 0) is 0 Å². The molecule has 1 aromatic rings. The number of nitrogen functional groups attached to an aromatic ring is 1. The van der Waals surface area contributed by atoms with E-state index in [4.69, 9.17) is 5.73 Å². The van der Waals surface area contributed by atoms with Crippen molar-refractivity contribution >= 4 is 29.6 Å². The molecule has 0 aromatic carbocycles. The van der Waals surface area contributed by atoms with E-state index in [1.54, 1.807) is 0 Å². The van der Waals surface area contributed by atoms with Gasteiger partial charge in [0.2, 0.25) is 17.8 Å². The Morgan fingerprint density at radius 1 is 1.30 bits per heavy atom. The minimum Gasteiger partial charge on any atom is -0.368 e. The summed E-state index contributed by atoms with van der Waals surface area (Å²) >= 11 is 1.84. The topological polar surface area (TPSA) is 71.2 Å². The van der Waals surface area contributed by atoms with Gasteiger partial charge in [-0.2, -0.15) is 26.7 Å². The zero-order chi connectivity index (χ0) is 14.5. The number of rotatable bonds is 6. The maximum absolute atomic E-state index is 5.86. The summed E-state index contributed by atoms with van der Waals surface area (Å²) in [7, 11) is 2.03. The molecule has 1 saturated heterocycles. The van der Waals surface area contributed by atoms with Crippen LogP contribution in [-0.4, -0.2) is 53.1 Å². The molecule has 1 aromatic heterocycles. The Labute approximate surface area is 125 Å². The minimum atomic E-state index is 0.308. The van der Waals surface area contributed by atoms with Gasteiger partial charge >= 0.3 is 0 Å². The summed E-state index contributed by atoms with van der Waals surface area (Å²) in [6.07, 6.45) is 5.57. The molecule has 1 fully saturated rings. The Morgan fingerprint density at radius 3 is 2.60 bits per heavy atom. The predicted molar refractivity (Wildman–Crippen MR) is 86.6 cm³/mol. The summed E-state index contributed by atoms with van der Waals surface area (Å²) in [6, 6.07) is 0.415. The van der Waals surface area contributed by atoms with Gasteiger partial charge in [0, 0.05) is 31.9 Å². The molecule has 7 heteroatoms. The number of aromatic nitrogens is 3. The molecule has 1 unspecified atom stereocenters. The molecular formula is C13H24N6S. The van der Waals surface area contributed by atoms with Crippen LogP contribution in [0.5, 0.6) is 0 Å². The third-order valence-corrected chi connectivity index (χ3v) is 4.43. The van der Waals surface area contributed by atoms with E-state index in [0.29, 0.717) is 17.9 Å². The van der Waals surface area contributed by atoms with Gasteiger partial charge in [-0.15, -0.1) is 0 Å². The zero-order valence-electron chi connectivity index (χ0n) is 12.5. The largest absolute Gasteiger partial charge is 0.368 e. The predicted octanol–water partition coefficient (Wildman–Crippen LogP) is 1.63. The maximum Gasteiger partial charge on any atom is 0.231 e. The van der Waals surface area contributed by atoms with E-state index < -0.39 is 0 Å². The first-order chi connectivity index (χ1) is 9.65. The Hall–Kier alpha value is -1.24. The van der Waals surface area contributed by atoms with Gasteiger partial charge < -0.3 is 15.5 Å². The Balaban J connectivity index is 2.21. The van der Waals surface area contributed by atoms with E-state index in [0.717, 1.165) is 31.2 Å². The van der Waals surface area contributed by atoms with Gasteiger partial charge in [-0.1, -0.05) is 6.92 Å². The second kappa shape index (κ2) is 6.97. The van der Waals surface area contributed by atoms with Crippen LogP contribution in [0.4, 0.5) is 17.8 Å². The van der Waals surface area contributed by atoms with E-state index in [-0.39, 0.29) is 0 Å². The molecule has 2 rings (SSSR count). The summed E-state index contributed by atoms with van der Waals surface area (Å²) in [4.78, 5) is 17.5. The van der Waals surface area contributed by atoms with E-state index in [2.05, 4.69) is 37.9 Å². The first-order valence-electron chi connectivity index (χ1n) is 7.14. The van der Waals surface area contributed by atoms with Crippen LogP contribution in [0, 0.1) is 0 Å². The molecule has 1 aliphatic heterocycles. The molecule has 2 N–H and O–H groups in total. The fraction of sp³-hybridized carbons (Fsp3) is 0.769. The molecule has 20 heavy (non-hydrogen) atoms. The Bertz CT molecular complexity index is 435. The number of thioether (sulfide) groups is 1. The lowest BCUT2D eigenvalue weighted by molar-refractivity contribution is 0.655. The first-order valence-corrected chi connectivity index (χ1v) is 8.53. The van der Waals surface area contributed by atoms with E-state index >= 15 is 0 Å². The third-order valence-electron chi connectivity index (χ3n) is 3.71. The van der Waals surface area contributed by atoms with Crippen LogP contribution in [0.15, 0.2) is 0 Å². The zero-order valence-corrected chi connectivity index (χ0v) is 13.4. The van der Waals surface area contributed by atoms with Crippen molar-refractivity contribution in [3.05, 3.63) is 0 Å². The summed E-state index contributed by atoms with van der Waals surface area (Å²) in [5, 5.41) is 0. The first kappa shape index (κ1) is 15.2. The van der Waals surface area contributed by atoms with Crippen molar-refractivity contribution in [2.45, 2.75) is 32.2 Å². The van der Waals surface area contributed by atoms with Crippen molar-refractivity contribution in [3.63, 3.8) is 0 Å². The summed E-state index contributed by atoms with van der Waals surface area (Å²) in [6.45, 7) is 4.20. The maximum atomic E-state index is 5.86. The van der Waals surface area contributed by atoms with E-state index in [1.807, 2.05) is 18.8 Å². The lowest BCUT2D eigenvalue weighted by Crippen LogP contribution is -2.35. The van der Waals surface area contributed by atoms with Gasteiger partial charge in [0.25, 0.3) is 0 Å². The molecule has 0 radical (unpaired) electrons. The van der Waals surface area contributed by atoms with Crippen molar-refractivity contribution in [2.75, 3.05) is 47.7 Å². The molecular weight excluding hydrogens is 272 g/mol. The van der Waals surface area contributed by atoms with Crippen LogP contribution in [0.3, 0.4) is 0 Å². The van der Waals surface area contributed by atoms with Gasteiger partial charge in [-0.25, -0.2) is 0 Å². The van der Waals surface area contributed by atoms with Crippen LogP contribution in [0.1, 0.15) is 26.2 Å². The number of anilines is 3. The molecule has 0 aliphatic carbocycles. The molecule has 112 valence electrons. The second-order valence-corrected chi connectivity index (χ2v) is 6.03. The lowest BCUT2D eigenvalue weighted by atomic mass is 10.2. The number of nitrogens with zero attached hydrogens (tertiary/aromatic N) is 5. The highest BCUT2D eigenvalue weighted by Gasteiger charge is 2.20. The van der Waals surface area contributed by atoms with Crippen molar-refractivity contribution in [3.8, 4) is 0 Å². The highest BCUT2D eigenvalue weighted by Crippen LogP contribution is 2.21. The van der Waals surface area contributed by atoms with Gasteiger partial charge in [0.1, 0.15) is 0 Å². The van der Waals surface area contributed by atoms with Gasteiger partial charge in [0.05, 0.1) is 0 Å². The van der Waals surface area contributed by atoms with Crippen molar-refractivity contribution in [1.82, 2.24) is 15.0 Å². The van der Waals surface area contributed by atoms with Crippen LogP contribution in [0.25, 0.3) is 0 Å². The number of nitrogens with two attached hydrogens (primary N) is 1. The Morgan fingerprint density at radius 2 is 2.00 bits per heavy atom. The molecule has 6 nitrogen and oxygen atoms in total. The van der Waals surface area contributed by atoms with Gasteiger partial charge in [-0.05, 0) is 25.5 Å². The number of hydrogen-bond acceptors (Lipinski definition) is 7. The summed E-state index contributed by atoms with van der Waals surface area (Å²) in [5.41, 5.74) is 5.86. The quantitative estimate of drug-likeness (QED) is 0.855. The fourth-order valence-corrected chi connectivity index (χ4v) is 3.29. The minimum absolute atomic E-state index is 0.308.